The number of anilines is 1. The Morgan fingerprint density at radius 1 is 0.841 bits per heavy atom. The Labute approximate surface area is 247 Å². The monoisotopic (exact) mass is 627 g/mol. The van der Waals surface area contributed by atoms with E-state index in [1.807, 2.05) is 29.3 Å². The van der Waals surface area contributed by atoms with Gasteiger partial charge in [0.25, 0.3) is 0 Å². The molecule has 236 valence electrons. The molecule has 5 rings (SSSR count). The first kappa shape index (κ1) is 33.7. The van der Waals surface area contributed by atoms with Gasteiger partial charge in [-0.3, -0.25) is 9.78 Å². The Morgan fingerprint density at radius 3 is 1.93 bits per heavy atom. The summed E-state index contributed by atoms with van der Waals surface area (Å²) in [6, 6.07) is 14.4. The van der Waals surface area contributed by atoms with Gasteiger partial charge in [0.2, 0.25) is 5.91 Å². The van der Waals surface area contributed by atoms with Gasteiger partial charge in [-0.15, -0.1) is 0 Å². The second-order valence-electron chi connectivity index (χ2n) is 9.91. The molecule has 0 unspecified atom stereocenters. The van der Waals surface area contributed by atoms with Crippen LogP contribution < -0.4 is 4.90 Å². The average Bonchev–Trinajstić information content (AvgIpc) is 3.08. The third kappa shape index (κ3) is 9.12. The molecule has 0 bridgehead atoms. The molecule has 1 fully saturated rings. The highest BCUT2D eigenvalue weighted by Gasteiger charge is 2.46. The van der Waals surface area contributed by atoms with Gasteiger partial charge in [0, 0.05) is 44.8 Å². The first-order chi connectivity index (χ1) is 20.6. The molecule has 0 radical (unpaired) electrons. The Morgan fingerprint density at radius 2 is 1.43 bits per heavy atom. The van der Waals surface area contributed by atoms with Crippen LogP contribution in [-0.4, -0.2) is 73.4 Å². The smallest absolute Gasteiger partial charge is 0.475 e. The molecule has 2 aliphatic rings. The van der Waals surface area contributed by atoms with Crippen LogP contribution in [0.2, 0.25) is 0 Å². The molecule has 1 amide bonds. The highest BCUT2D eigenvalue weighted by molar-refractivity contribution is 5.84. The summed E-state index contributed by atoms with van der Waals surface area (Å²) in [5.41, 5.74) is 3.26. The lowest BCUT2D eigenvalue weighted by Crippen LogP contribution is -2.50. The number of rotatable bonds is 3. The molecule has 10 nitrogen and oxygen atoms in total. The van der Waals surface area contributed by atoms with Gasteiger partial charge in [-0.05, 0) is 48.1 Å². The van der Waals surface area contributed by atoms with E-state index in [0.717, 1.165) is 43.7 Å². The van der Waals surface area contributed by atoms with E-state index in [0.29, 0.717) is 13.1 Å². The summed E-state index contributed by atoms with van der Waals surface area (Å²) in [6.45, 7) is 2.90. The quantitative estimate of drug-likeness (QED) is 0.402. The van der Waals surface area contributed by atoms with E-state index in [-0.39, 0.29) is 11.3 Å². The van der Waals surface area contributed by atoms with Crippen molar-refractivity contribution < 1.29 is 50.9 Å². The number of halogens is 6. The summed E-state index contributed by atoms with van der Waals surface area (Å²) < 4.78 is 63.5. The predicted molar refractivity (Wildman–Crippen MR) is 142 cm³/mol. The molecule has 16 heteroatoms. The molecular weight excluding hydrogens is 600 g/mol. The maximum atomic E-state index is 13.9. The van der Waals surface area contributed by atoms with Crippen molar-refractivity contribution in [1.29, 1.82) is 0 Å². The minimum absolute atomic E-state index is 0.268. The molecule has 2 N–H and O–H groups in total. The number of pyridine rings is 1. The third-order valence-electron chi connectivity index (χ3n) is 6.94. The molecule has 2 aliphatic heterocycles. The highest BCUT2D eigenvalue weighted by Crippen LogP contribution is 2.41. The maximum absolute atomic E-state index is 13.9. The molecule has 2 aromatic heterocycles. The fourth-order valence-corrected chi connectivity index (χ4v) is 4.80. The summed E-state index contributed by atoms with van der Waals surface area (Å²) >= 11 is 0. The first-order valence-corrected chi connectivity index (χ1v) is 13.0. The van der Waals surface area contributed by atoms with Crippen molar-refractivity contribution in [3.8, 4) is 0 Å². The van der Waals surface area contributed by atoms with Crippen LogP contribution in [0.5, 0.6) is 0 Å². The number of amides is 1. The van der Waals surface area contributed by atoms with Crippen LogP contribution in [-0.2, 0) is 33.9 Å². The van der Waals surface area contributed by atoms with Gasteiger partial charge in [-0.25, -0.2) is 19.6 Å². The van der Waals surface area contributed by atoms with Gasteiger partial charge >= 0.3 is 24.3 Å². The number of hydrogen-bond donors (Lipinski definition) is 2. The molecule has 1 saturated heterocycles. The topological polar surface area (TPSA) is 137 Å². The summed E-state index contributed by atoms with van der Waals surface area (Å²) in [5.74, 6) is -4.31. The predicted octanol–water partition coefficient (Wildman–Crippen LogP) is 4.51. The van der Waals surface area contributed by atoms with Gasteiger partial charge in [-0.2, -0.15) is 26.3 Å². The summed E-state index contributed by atoms with van der Waals surface area (Å²) in [4.78, 5) is 48.6. The van der Waals surface area contributed by atoms with E-state index in [4.69, 9.17) is 19.8 Å². The largest absolute Gasteiger partial charge is 0.490 e. The molecule has 1 aromatic carbocycles. The van der Waals surface area contributed by atoms with Crippen molar-refractivity contribution in [1.82, 2.24) is 19.9 Å². The Bertz CT molecular complexity index is 1390. The van der Waals surface area contributed by atoms with Crippen molar-refractivity contribution in [3.05, 3.63) is 84.1 Å². The van der Waals surface area contributed by atoms with Crippen molar-refractivity contribution in [2.75, 3.05) is 18.0 Å². The molecule has 0 atom stereocenters. The van der Waals surface area contributed by atoms with Crippen LogP contribution in [0.25, 0.3) is 0 Å². The Kier molecular flexibility index (Phi) is 10.8. The van der Waals surface area contributed by atoms with Crippen LogP contribution in [0.4, 0.5) is 32.2 Å². The lowest BCUT2D eigenvalue weighted by Gasteiger charge is -2.42. The average molecular weight is 628 g/mol. The number of nitrogens with zero attached hydrogens (tertiary/aromatic N) is 5. The summed E-state index contributed by atoms with van der Waals surface area (Å²) in [5, 5.41) is 14.2. The van der Waals surface area contributed by atoms with Crippen LogP contribution in [0.15, 0.2) is 67.4 Å². The zero-order chi connectivity index (χ0) is 32.5. The summed E-state index contributed by atoms with van der Waals surface area (Å²) in [6.07, 6.45) is -0.718. The van der Waals surface area contributed by atoms with Crippen molar-refractivity contribution >= 4 is 23.7 Å². The number of carbonyl (C=O) groups is 3. The normalized spacial score (nSPS) is 16.0. The molecule has 0 aliphatic carbocycles. The van der Waals surface area contributed by atoms with Gasteiger partial charge in [0.1, 0.15) is 12.1 Å². The van der Waals surface area contributed by atoms with Gasteiger partial charge < -0.3 is 20.0 Å². The zero-order valence-corrected chi connectivity index (χ0v) is 22.9. The fourth-order valence-electron chi connectivity index (χ4n) is 4.80. The van der Waals surface area contributed by atoms with Gasteiger partial charge in [0.05, 0.1) is 5.41 Å². The molecule has 3 aromatic rings. The molecular formula is C28H27F6N5O5. The highest BCUT2D eigenvalue weighted by atomic mass is 19.4. The molecule has 44 heavy (non-hydrogen) atoms. The lowest BCUT2D eigenvalue weighted by molar-refractivity contribution is -0.193. The van der Waals surface area contributed by atoms with Gasteiger partial charge in [-0.1, -0.05) is 30.3 Å². The lowest BCUT2D eigenvalue weighted by atomic mass is 9.73. The number of hydrogen-bond acceptors (Lipinski definition) is 7. The second kappa shape index (κ2) is 14.1. The minimum Gasteiger partial charge on any atom is -0.475 e. The van der Waals surface area contributed by atoms with Crippen molar-refractivity contribution in [3.63, 3.8) is 0 Å². The van der Waals surface area contributed by atoms with E-state index in [9.17, 15) is 31.1 Å². The van der Waals surface area contributed by atoms with E-state index in [2.05, 4.69) is 44.1 Å². The van der Waals surface area contributed by atoms with Crippen LogP contribution in [0.3, 0.4) is 0 Å². The Hall–Kier alpha value is -4.76. The van der Waals surface area contributed by atoms with E-state index < -0.39 is 24.3 Å². The zero-order valence-electron chi connectivity index (χ0n) is 22.9. The number of carboxylic acid groups (broad SMARTS) is 2. The SMILES string of the molecule is O=C(O)C(F)(F)F.O=C(O)C(F)(F)F.O=C1N(Cc2cccnc2)Cc2ccccc2CC12CCN(c1ccncn1)CC2. The number of piperidine rings is 1. The number of carboxylic acids is 2. The van der Waals surface area contributed by atoms with Crippen LogP contribution in [0, 0.1) is 5.41 Å². The minimum atomic E-state index is -5.08. The van der Waals surface area contributed by atoms with Gasteiger partial charge in [0.15, 0.2) is 0 Å². The number of carbonyl (C=O) groups excluding carboxylic acids is 1. The number of aromatic nitrogens is 3. The molecule has 1 spiro atoms. The van der Waals surface area contributed by atoms with Crippen LogP contribution >= 0.6 is 0 Å². The van der Waals surface area contributed by atoms with E-state index in [1.54, 1.807) is 18.7 Å². The van der Waals surface area contributed by atoms with E-state index >= 15 is 0 Å². The maximum Gasteiger partial charge on any atom is 0.490 e. The Balaban J connectivity index is 0.000000317. The fraction of sp³-hybridized carbons (Fsp3) is 0.357. The third-order valence-corrected chi connectivity index (χ3v) is 6.94. The number of benzene rings is 1. The molecule has 0 saturated carbocycles. The first-order valence-electron chi connectivity index (χ1n) is 13.0. The standard InChI is InChI=1S/C24H25N5O.2C2HF3O2/c30-23-24(8-12-28(13-9-24)22-7-11-26-18-27-22)14-20-5-1-2-6-21(20)17-29(23)16-19-4-3-10-25-15-19;2*3-2(4,5)1(6)7/h1-7,10-11,15,18H,8-9,12-14,16-17H2;2*(H,6,7). The van der Waals surface area contributed by atoms with Crippen molar-refractivity contribution in [2.45, 2.75) is 44.7 Å². The summed E-state index contributed by atoms with van der Waals surface area (Å²) in [7, 11) is 0. The number of aliphatic carboxylic acids is 2. The second-order valence-corrected chi connectivity index (χ2v) is 9.91. The number of alkyl halides is 6. The van der Waals surface area contributed by atoms with Crippen molar-refractivity contribution in [2.24, 2.45) is 5.41 Å². The van der Waals surface area contributed by atoms with E-state index in [1.165, 1.54) is 11.1 Å². The number of fused-ring (bicyclic) bond motifs is 1. The van der Waals surface area contributed by atoms with Crippen LogP contribution in [0.1, 0.15) is 29.5 Å². The molecule has 4 heterocycles.